The quantitative estimate of drug-likeness (QED) is 0.441. The zero-order chi connectivity index (χ0) is 23.1. The number of nitrogens with zero attached hydrogens (tertiary/aromatic N) is 3. The van der Waals surface area contributed by atoms with Gasteiger partial charge in [0.25, 0.3) is 5.69 Å². The predicted molar refractivity (Wildman–Crippen MR) is 118 cm³/mol. The van der Waals surface area contributed by atoms with E-state index < -0.39 is 28.2 Å². The number of non-ortho nitro benzene ring substituents is 1. The van der Waals surface area contributed by atoms with Gasteiger partial charge in [0.15, 0.2) is 0 Å². The molecule has 33 heavy (non-hydrogen) atoms. The number of carbonyl (C=O) groups excluding carboxylic acids is 3. The number of para-hydroxylation sites is 1. The number of hydrogen-bond donors (Lipinski definition) is 1. The summed E-state index contributed by atoms with van der Waals surface area (Å²) in [6.07, 6.45) is 2.33. The SMILES string of the molecule is CCc1cccc2c1NC(=O)[C@@]21[C@@H]2C(=O)N(c3ccc([N+](=O)[O-])cc3)C(=O)[C@H]2[C@H]2CCCN21. The molecule has 4 heterocycles. The van der Waals surface area contributed by atoms with Gasteiger partial charge in [-0.3, -0.25) is 29.4 Å². The second-order valence-electron chi connectivity index (χ2n) is 9.11. The number of nitro benzene ring substituents is 1. The number of anilines is 2. The molecule has 6 rings (SSSR count). The van der Waals surface area contributed by atoms with Gasteiger partial charge in [-0.1, -0.05) is 25.1 Å². The Morgan fingerprint density at radius 1 is 1.12 bits per heavy atom. The molecular formula is C24H22N4O5. The highest BCUT2D eigenvalue weighted by atomic mass is 16.6. The van der Waals surface area contributed by atoms with Crippen molar-refractivity contribution in [1.29, 1.82) is 0 Å². The summed E-state index contributed by atoms with van der Waals surface area (Å²) in [5.41, 5.74) is 1.50. The Bertz CT molecular complexity index is 1240. The van der Waals surface area contributed by atoms with Crippen LogP contribution in [0, 0.1) is 22.0 Å². The van der Waals surface area contributed by atoms with Crippen LogP contribution < -0.4 is 10.2 Å². The van der Waals surface area contributed by atoms with Crippen molar-refractivity contribution in [1.82, 2.24) is 4.90 Å². The van der Waals surface area contributed by atoms with Gasteiger partial charge < -0.3 is 5.32 Å². The van der Waals surface area contributed by atoms with Crippen LogP contribution in [0.4, 0.5) is 17.1 Å². The second-order valence-corrected chi connectivity index (χ2v) is 9.11. The van der Waals surface area contributed by atoms with Gasteiger partial charge in [0, 0.05) is 29.4 Å². The van der Waals surface area contributed by atoms with E-state index in [4.69, 9.17) is 0 Å². The molecule has 0 bridgehead atoms. The van der Waals surface area contributed by atoms with Gasteiger partial charge in [-0.05, 0) is 43.5 Å². The molecule has 3 saturated heterocycles. The van der Waals surface area contributed by atoms with E-state index in [2.05, 4.69) is 10.2 Å². The number of rotatable bonds is 3. The standard InChI is InChI=1S/C24H22N4O5/c1-2-13-5-3-6-16-20(13)25-23(31)24(16)19-18(17-7-4-12-26(17)24)21(29)27(22(19)30)14-8-10-15(11-9-14)28(32)33/h3,5-6,8-11,17-19H,2,4,7,12H2,1H3,(H,25,31)/t17-,18+,19+,24+/m1/s1. The third kappa shape index (κ3) is 2.32. The fourth-order valence-electron chi connectivity index (χ4n) is 6.56. The number of benzene rings is 2. The molecule has 0 radical (unpaired) electrons. The molecule has 4 aliphatic heterocycles. The van der Waals surface area contributed by atoms with Crippen LogP contribution >= 0.6 is 0 Å². The summed E-state index contributed by atoms with van der Waals surface area (Å²) >= 11 is 0. The molecule has 9 nitrogen and oxygen atoms in total. The number of nitrogens with one attached hydrogen (secondary N) is 1. The number of aryl methyl sites for hydroxylation is 1. The van der Waals surface area contributed by atoms with Crippen molar-refractivity contribution in [2.45, 2.75) is 37.8 Å². The predicted octanol–water partition coefficient (Wildman–Crippen LogP) is 2.59. The monoisotopic (exact) mass is 446 g/mol. The van der Waals surface area contributed by atoms with Crippen LogP contribution in [0.2, 0.25) is 0 Å². The van der Waals surface area contributed by atoms with E-state index in [1.807, 2.05) is 25.1 Å². The second kappa shape index (κ2) is 6.71. The highest BCUT2D eigenvalue weighted by Gasteiger charge is 2.74. The number of amides is 3. The largest absolute Gasteiger partial charge is 0.324 e. The molecule has 2 aromatic rings. The van der Waals surface area contributed by atoms with Crippen LogP contribution in [-0.2, 0) is 26.3 Å². The average molecular weight is 446 g/mol. The van der Waals surface area contributed by atoms with Gasteiger partial charge in [0.05, 0.1) is 22.4 Å². The molecule has 3 fully saturated rings. The number of imide groups is 1. The van der Waals surface area contributed by atoms with Gasteiger partial charge >= 0.3 is 0 Å². The lowest BCUT2D eigenvalue weighted by Gasteiger charge is -2.36. The molecule has 0 saturated carbocycles. The first kappa shape index (κ1) is 20.0. The van der Waals surface area contributed by atoms with Gasteiger partial charge in [-0.25, -0.2) is 4.90 Å². The molecule has 0 aromatic heterocycles. The van der Waals surface area contributed by atoms with Crippen molar-refractivity contribution >= 4 is 34.8 Å². The summed E-state index contributed by atoms with van der Waals surface area (Å²) in [5, 5.41) is 14.1. The van der Waals surface area contributed by atoms with E-state index in [0.29, 0.717) is 12.2 Å². The van der Waals surface area contributed by atoms with E-state index in [-0.39, 0.29) is 23.5 Å². The van der Waals surface area contributed by atoms with Crippen LogP contribution in [0.15, 0.2) is 42.5 Å². The lowest BCUT2D eigenvalue weighted by Crippen LogP contribution is -2.54. The van der Waals surface area contributed by atoms with Crippen molar-refractivity contribution in [3.63, 3.8) is 0 Å². The van der Waals surface area contributed by atoms with Crippen molar-refractivity contribution < 1.29 is 19.3 Å². The first-order chi connectivity index (χ1) is 15.9. The fraction of sp³-hybridized carbons (Fsp3) is 0.375. The molecule has 168 valence electrons. The highest BCUT2D eigenvalue weighted by molar-refractivity contribution is 6.26. The van der Waals surface area contributed by atoms with E-state index in [1.165, 1.54) is 24.3 Å². The zero-order valence-electron chi connectivity index (χ0n) is 18.0. The summed E-state index contributed by atoms with van der Waals surface area (Å²) < 4.78 is 0. The molecule has 4 aliphatic rings. The van der Waals surface area contributed by atoms with Crippen LogP contribution in [-0.4, -0.2) is 40.1 Å². The van der Waals surface area contributed by atoms with Crippen molar-refractivity contribution in [3.8, 4) is 0 Å². The number of hydrogen-bond acceptors (Lipinski definition) is 6. The Kier molecular flexibility index (Phi) is 4.08. The van der Waals surface area contributed by atoms with Gasteiger partial charge in [-0.15, -0.1) is 0 Å². The number of nitro groups is 1. The van der Waals surface area contributed by atoms with Crippen LogP contribution in [0.3, 0.4) is 0 Å². The smallest absolute Gasteiger partial charge is 0.269 e. The maximum absolute atomic E-state index is 13.9. The third-order valence-electron chi connectivity index (χ3n) is 7.81. The summed E-state index contributed by atoms with van der Waals surface area (Å²) in [7, 11) is 0. The molecular weight excluding hydrogens is 424 g/mol. The Hall–Kier alpha value is -3.59. The molecule has 3 amide bonds. The minimum absolute atomic E-state index is 0.118. The maximum atomic E-state index is 13.9. The molecule has 1 spiro atoms. The van der Waals surface area contributed by atoms with Crippen molar-refractivity contribution in [2.24, 2.45) is 11.8 Å². The maximum Gasteiger partial charge on any atom is 0.269 e. The first-order valence-corrected chi connectivity index (χ1v) is 11.2. The lowest BCUT2D eigenvalue weighted by atomic mass is 9.75. The van der Waals surface area contributed by atoms with Crippen LogP contribution in [0.25, 0.3) is 0 Å². The Balaban J connectivity index is 1.51. The number of carbonyl (C=O) groups is 3. The molecule has 4 atom stereocenters. The average Bonchev–Trinajstić information content (AvgIpc) is 3.52. The Morgan fingerprint density at radius 3 is 2.58 bits per heavy atom. The third-order valence-corrected chi connectivity index (χ3v) is 7.81. The Labute approximate surface area is 189 Å². The fourth-order valence-corrected chi connectivity index (χ4v) is 6.56. The van der Waals surface area contributed by atoms with E-state index in [1.54, 1.807) is 0 Å². The summed E-state index contributed by atoms with van der Waals surface area (Å²) in [5.74, 6) is -2.46. The van der Waals surface area contributed by atoms with Crippen molar-refractivity contribution in [3.05, 3.63) is 63.7 Å². The Morgan fingerprint density at radius 2 is 1.88 bits per heavy atom. The minimum atomic E-state index is -1.21. The van der Waals surface area contributed by atoms with Crippen molar-refractivity contribution in [2.75, 3.05) is 16.8 Å². The summed E-state index contributed by atoms with van der Waals surface area (Å²) in [6, 6.07) is 11.0. The minimum Gasteiger partial charge on any atom is -0.324 e. The first-order valence-electron chi connectivity index (χ1n) is 11.2. The van der Waals surface area contributed by atoms with Gasteiger partial charge in [0.2, 0.25) is 17.7 Å². The molecule has 1 N–H and O–H groups in total. The molecule has 2 aromatic carbocycles. The van der Waals surface area contributed by atoms with Gasteiger partial charge in [0.1, 0.15) is 5.54 Å². The molecule has 9 heteroatoms. The topological polar surface area (TPSA) is 113 Å². The normalized spacial score (nSPS) is 30.0. The zero-order valence-corrected chi connectivity index (χ0v) is 18.0. The molecule has 0 aliphatic carbocycles. The summed E-state index contributed by atoms with van der Waals surface area (Å²) in [4.78, 5) is 55.0. The lowest BCUT2D eigenvalue weighted by molar-refractivity contribution is -0.384. The van der Waals surface area contributed by atoms with E-state index >= 15 is 0 Å². The molecule has 0 unspecified atom stereocenters. The van der Waals surface area contributed by atoms with E-state index in [0.717, 1.165) is 41.0 Å². The van der Waals surface area contributed by atoms with Crippen LogP contribution in [0.5, 0.6) is 0 Å². The van der Waals surface area contributed by atoms with Gasteiger partial charge in [-0.2, -0.15) is 0 Å². The van der Waals surface area contributed by atoms with E-state index in [9.17, 15) is 24.5 Å². The summed E-state index contributed by atoms with van der Waals surface area (Å²) in [6.45, 7) is 2.67. The highest BCUT2D eigenvalue weighted by Crippen LogP contribution is 2.61. The van der Waals surface area contributed by atoms with Crippen LogP contribution in [0.1, 0.15) is 30.9 Å². The number of fused-ring (bicyclic) bond motifs is 7.